The number of hydrogen-bond donors (Lipinski definition) is 0. The zero-order chi connectivity index (χ0) is 44.9. The SMILES string of the molecule is C=C1CC2C(CCc3ccc4c(oc5cc(C#N)ccc54)c3-c3n1c1ccccc1[n+]3-c1c(C(C)C)cc(-c3ccc([Si](C)(C)C)cc3)cc1C(C)C)c1ccccc1-c1cccc[n+]12. The molecule has 6 heteroatoms. The van der Waals surface area contributed by atoms with Crippen LogP contribution in [0.3, 0.4) is 0 Å². The van der Waals surface area contributed by atoms with Crippen LogP contribution in [0.15, 0.2) is 151 Å². The number of nitriles is 1. The van der Waals surface area contributed by atoms with Gasteiger partial charge in [0.25, 0.3) is 0 Å². The number of furan rings is 1. The summed E-state index contributed by atoms with van der Waals surface area (Å²) in [7, 11) is -1.46. The summed E-state index contributed by atoms with van der Waals surface area (Å²) in [5, 5.41) is 13.5. The second-order valence-corrected chi connectivity index (χ2v) is 25.2. The molecule has 0 N–H and O–H groups in total. The molecule has 0 saturated heterocycles. The van der Waals surface area contributed by atoms with Gasteiger partial charge < -0.3 is 4.42 Å². The molecule has 2 unspecified atom stereocenters. The Morgan fingerprint density at radius 2 is 1.48 bits per heavy atom. The van der Waals surface area contributed by atoms with Crippen LogP contribution in [0.4, 0.5) is 0 Å². The number of rotatable bonds is 5. The minimum atomic E-state index is -1.46. The van der Waals surface area contributed by atoms with E-state index in [1.54, 1.807) is 0 Å². The van der Waals surface area contributed by atoms with Gasteiger partial charge in [-0.2, -0.15) is 19.0 Å². The van der Waals surface area contributed by atoms with Crippen LogP contribution >= 0.6 is 0 Å². The highest BCUT2D eigenvalue weighted by molar-refractivity contribution is 6.88. The Kier molecular flexibility index (Phi) is 9.71. The Labute approximate surface area is 383 Å². The molecular formula is C59H56N4OSi+2. The summed E-state index contributed by atoms with van der Waals surface area (Å²) < 4.78 is 14.7. The topological polar surface area (TPSA) is 49.6 Å². The number of aromatic nitrogens is 3. The highest BCUT2D eigenvalue weighted by Crippen LogP contribution is 2.48. The van der Waals surface area contributed by atoms with Crippen LogP contribution in [0.5, 0.6) is 0 Å². The lowest BCUT2D eigenvalue weighted by Crippen LogP contribution is -2.47. The number of benzene rings is 6. The van der Waals surface area contributed by atoms with Gasteiger partial charge in [-0.05, 0) is 102 Å². The van der Waals surface area contributed by atoms with E-state index in [1.807, 2.05) is 12.1 Å². The van der Waals surface area contributed by atoms with Crippen molar-refractivity contribution in [2.75, 3.05) is 0 Å². The smallest absolute Gasteiger partial charge is 0.304 e. The van der Waals surface area contributed by atoms with Crippen molar-refractivity contribution >= 4 is 51.9 Å². The van der Waals surface area contributed by atoms with Gasteiger partial charge in [0, 0.05) is 45.5 Å². The van der Waals surface area contributed by atoms with Crippen LogP contribution in [0.1, 0.15) is 92.1 Å². The van der Waals surface area contributed by atoms with Crippen LogP contribution in [0.25, 0.3) is 78.1 Å². The molecule has 320 valence electrons. The van der Waals surface area contributed by atoms with Crippen LogP contribution < -0.4 is 14.3 Å². The van der Waals surface area contributed by atoms with Gasteiger partial charge in [-0.25, -0.2) is 0 Å². The molecule has 65 heavy (non-hydrogen) atoms. The molecule has 6 aromatic carbocycles. The molecule has 9 aromatic rings. The first-order valence-corrected chi connectivity index (χ1v) is 26.9. The number of para-hydroxylation sites is 2. The Balaban J connectivity index is 1.25. The summed E-state index contributed by atoms with van der Waals surface area (Å²) in [5.74, 6) is 1.74. The molecule has 3 aromatic heterocycles. The molecule has 0 amide bonds. The summed E-state index contributed by atoms with van der Waals surface area (Å²) in [4.78, 5) is 0. The van der Waals surface area contributed by atoms with Crippen molar-refractivity contribution in [1.82, 2.24) is 4.57 Å². The molecule has 2 aliphatic rings. The van der Waals surface area contributed by atoms with Crippen molar-refractivity contribution in [3.63, 3.8) is 0 Å². The van der Waals surface area contributed by atoms with Gasteiger partial charge in [0.1, 0.15) is 22.5 Å². The molecule has 2 aliphatic heterocycles. The number of fused-ring (bicyclic) bond motifs is 15. The van der Waals surface area contributed by atoms with Crippen LogP contribution in [-0.2, 0) is 6.42 Å². The summed E-state index contributed by atoms with van der Waals surface area (Å²) in [6, 6.07) is 51.8. The summed E-state index contributed by atoms with van der Waals surface area (Å²) in [6.45, 7) is 21.7. The van der Waals surface area contributed by atoms with Gasteiger partial charge in [-0.15, -0.1) is 0 Å². The molecular weight excluding hydrogens is 809 g/mol. The van der Waals surface area contributed by atoms with Crippen LogP contribution in [0, 0.1) is 11.3 Å². The summed E-state index contributed by atoms with van der Waals surface area (Å²) in [5.41, 5.74) is 18.0. The van der Waals surface area contributed by atoms with Crippen LogP contribution in [0.2, 0.25) is 19.6 Å². The third-order valence-electron chi connectivity index (χ3n) is 14.4. The van der Waals surface area contributed by atoms with Crippen molar-refractivity contribution < 1.29 is 13.6 Å². The third kappa shape index (κ3) is 6.54. The Morgan fingerprint density at radius 1 is 0.769 bits per heavy atom. The molecule has 0 radical (unpaired) electrons. The predicted octanol–water partition coefficient (Wildman–Crippen LogP) is 13.9. The fraction of sp³-hybridized carbons (Fsp3) is 0.237. The quantitative estimate of drug-likeness (QED) is 0.128. The number of hydrogen-bond acceptors (Lipinski definition) is 2. The first-order valence-electron chi connectivity index (χ1n) is 23.4. The maximum atomic E-state index is 9.99. The van der Waals surface area contributed by atoms with E-state index < -0.39 is 8.07 Å². The molecule has 0 fully saturated rings. The molecule has 0 spiro atoms. The number of allylic oxidation sites excluding steroid dienone is 1. The second-order valence-electron chi connectivity index (χ2n) is 20.1. The first-order chi connectivity index (χ1) is 31.4. The maximum absolute atomic E-state index is 9.99. The normalized spacial score (nSPS) is 16.0. The van der Waals surface area contributed by atoms with E-state index in [0.29, 0.717) is 5.56 Å². The van der Waals surface area contributed by atoms with E-state index in [0.717, 1.165) is 69.3 Å². The Morgan fingerprint density at radius 3 is 2.22 bits per heavy atom. The van der Waals surface area contributed by atoms with Gasteiger partial charge in [0.15, 0.2) is 28.9 Å². The highest BCUT2D eigenvalue weighted by Gasteiger charge is 2.44. The lowest BCUT2D eigenvalue weighted by molar-refractivity contribution is -0.717. The predicted molar refractivity (Wildman–Crippen MR) is 270 cm³/mol. The van der Waals surface area contributed by atoms with E-state index in [9.17, 15) is 5.26 Å². The monoisotopic (exact) mass is 864 g/mol. The fourth-order valence-electron chi connectivity index (χ4n) is 11.2. The average Bonchev–Trinajstić information content (AvgIpc) is 3.85. The van der Waals surface area contributed by atoms with Crippen LogP contribution in [-0.4, -0.2) is 12.6 Å². The average molecular weight is 865 g/mol. The number of imidazole rings is 1. The van der Waals surface area contributed by atoms with Gasteiger partial charge in [0.05, 0.1) is 26.1 Å². The van der Waals surface area contributed by atoms with Crippen molar-refractivity contribution in [3.8, 4) is 45.5 Å². The van der Waals surface area contributed by atoms with E-state index in [4.69, 9.17) is 11.0 Å². The minimum absolute atomic E-state index is 0.154. The highest BCUT2D eigenvalue weighted by atomic mass is 28.3. The summed E-state index contributed by atoms with van der Waals surface area (Å²) in [6.07, 6.45) is 4.83. The third-order valence-corrected chi connectivity index (χ3v) is 16.5. The van der Waals surface area contributed by atoms with E-state index in [-0.39, 0.29) is 23.8 Å². The fourth-order valence-corrected chi connectivity index (χ4v) is 12.3. The molecule has 11 rings (SSSR count). The molecule has 0 aliphatic carbocycles. The number of nitrogens with zero attached hydrogens (tertiary/aromatic N) is 4. The van der Waals surface area contributed by atoms with E-state index in [1.165, 1.54) is 55.5 Å². The minimum Gasteiger partial charge on any atom is -0.455 e. The molecule has 0 saturated carbocycles. The standard InChI is InChI=1S/C59H56N4OSi/c1-36(2)49-33-42(40-21-25-43(26-22-40)65(6,7)8)34-50(37(3)4)57(49)63-53-19-12-11-18-52(53)62-38(5)31-54-46(44-15-9-10-16-45(44)51-17-13-14-30-61(51)54)28-23-41-24-29-48-47-27-20-39(35-60)32-55(47)64-58(48)56(41)59(62)63/h9-22,24-27,29-30,32-34,36-37,46,54H,5,23,28,31H2,1-4,6-8H3/q+2. The van der Waals surface area contributed by atoms with Gasteiger partial charge >= 0.3 is 5.82 Å². The molecule has 0 bridgehead atoms. The molecule has 2 atom stereocenters. The zero-order valence-corrected chi connectivity index (χ0v) is 39.6. The van der Waals surface area contributed by atoms with Crippen molar-refractivity contribution in [2.24, 2.45) is 0 Å². The van der Waals surface area contributed by atoms with Crippen molar-refractivity contribution in [3.05, 3.63) is 174 Å². The number of pyridine rings is 1. The Hall–Kier alpha value is -6.81. The first kappa shape index (κ1) is 40.9. The largest absolute Gasteiger partial charge is 0.455 e. The van der Waals surface area contributed by atoms with Gasteiger partial charge in [-0.1, -0.05) is 126 Å². The molecule has 5 heterocycles. The van der Waals surface area contributed by atoms with Crippen molar-refractivity contribution in [1.29, 1.82) is 5.26 Å². The lowest BCUT2D eigenvalue weighted by Gasteiger charge is -2.31. The zero-order valence-electron chi connectivity index (χ0n) is 38.6. The van der Waals surface area contributed by atoms with Gasteiger partial charge in [0.2, 0.25) is 5.69 Å². The van der Waals surface area contributed by atoms with E-state index in [2.05, 4.69) is 195 Å². The number of aryl methyl sites for hydroxylation is 1. The molecule has 5 nitrogen and oxygen atoms in total. The lowest BCUT2D eigenvalue weighted by atomic mass is 9.77. The van der Waals surface area contributed by atoms with Crippen molar-refractivity contribution in [2.45, 2.75) is 90.4 Å². The van der Waals surface area contributed by atoms with Gasteiger partial charge in [-0.3, -0.25) is 0 Å². The second kappa shape index (κ2) is 15.4. The summed E-state index contributed by atoms with van der Waals surface area (Å²) >= 11 is 0. The maximum Gasteiger partial charge on any atom is 0.304 e. The Bertz CT molecular complexity index is 3410. The van der Waals surface area contributed by atoms with E-state index >= 15 is 0 Å².